The largest absolute Gasteiger partial charge is 0.480 e. The smallest absolute Gasteiger partial charge is 0.325 e. The van der Waals surface area contributed by atoms with E-state index in [1.54, 1.807) is 0 Å². The summed E-state index contributed by atoms with van der Waals surface area (Å²) in [6.07, 6.45) is -0.291. The van der Waals surface area contributed by atoms with Crippen LogP contribution in [0.5, 0.6) is 0 Å². The van der Waals surface area contributed by atoms with Gasteiger partial charge in [0.05, 0.1) is 12.7 Å². The second-order valence-electron chi connectivity index (χ2n) is 6.27. The molecule has 3 amide bonds. The normalized spacial score (nSPS) is 21.4. The Bertz CT molecular complexity index is 554. The topological polar surface area (TPSA) is 182 Å². The molecule has 1 aliphatic rings. The summed E-state index contributed by atoms with van der Waals surface area (Å²) < 4.78 is 0. The Morgan fingerprint density at radius 3 is 2.35 bits per heavy atom. The Hall–Kier alpha value is -2.24. The lowest BCUT2D eigenvalue weighted by molar-refractivity contribution is -0.145. The summed E-state index contributed by atoms with van der Waals surface area (Å²) in [5, 5.41) is 32.2. The second-order valence-corrected chi connectivity index (χ2v) is 6.27. The highest BCUT2D eigenvalue weighted by Gasteiger charge is 2.38. The summed E-state index contributed by atoms with van der Waals surface area (Å²) >= 11 is 0. The van der Waals surface area contributed by atoms with Gasteiger partial charge in [-0.25, -0.2) is 0 Å². The zero-order valence-electron chi connectivity index (χ0n) is 14.7. The van der Waals surface area contributed by atoms with E-state index in [0.717, 1.165) is 0 Å². The molecule has 11 heteroatoms. The number of nitrogens with two attached hydrogens (primary N) is 1. The van der Waals surface area contributed by atoms with Gasteiger partial charge in [-0.15, -0.1) is 0 Å². The molecule has 0 radical (unpaired) electrons. The number of carbonyl (C=O) groups excluding carboxylic acids is 3. The van der Waals surface area contributed by atoms with Crippen LogP contribution in [0.4, 0.5) is 0 Å². The van der Waals surface area contributed by atoms with Crippen molar-refractivity contribution in [1.82, 2.24) is 15.5 Å². The third kappa shape index (κ3) is 5.38. The van der Waals surface area contributed by atoms with Crippen molar-refractivity contribution in [1.29, 1.82) is 0 Å². The highest BCUT2D eigenvalue weighted by molar-refractivity contribution is 5.94. The molecule has 26 heavy (non-hydrogen) atoms. The number of carboxylic acids is 1. The van der Waals surface area contributed by atoms with Crippen LogP contribution >= 0.6 is 0 Å². The number of carboxylic acid groups (broad SMARTS) is 1. The maximum Gasteiger partial charge on any atom is 0.325 e. The number of hydrogen-bond donors (Lipinski definition) is 6. The molecule has 7 N–H and O–H groups in total. The second kappa shape index (κ2) is 9.46. The monoisotopic (exact) mass is 374 g/mol. The van der Waals surface area contributed by atoms with Crippen LogP contribution in [0.25, 0.3) is 0 Å². The molecule has 1 aliphatic heterocycles. The van der Waals surface area contributed by atoms with Crippen LogP contribution in [0, 0.1) is 0 Å². The van der Waals surface area contributed by atoms with Crippen molar-refractivity contribution < 1.29 is 34.5 Å². The molecular formula is C15H26N4O7. The van der Waals surface area contributed by atoms with Gasteiger partial charge in [0.15, 0.2) is 0 Å². The minimum absolute atomic E-state index is 0.229. The minimum Gasteiger partial charge on any atom is -0.480 e. The van der Waals surface area contributed by atoms with Gasteiger partial charge in [-0.1, -0.05) is 0 Å². The van der Waals surface area contributed by atoms with Crippen molar-refractivity contribution in [2.45, 2.75) is 57.0 Å². The molecule has 0 saturated carbocycles. The predicted molar refractivity (Wildman–Crippen MR) is 88.6 cm³/mol. The number of nitrogens with one attached hydrogen (secondary N) is 2. The lowest BCUT2D eigenvalue weighted by atomic mass is 10.1. The van der Waals surface area contributed by atoms with Gasteiger partial charge in [-0.05, 0) is 26.7 Å². The molecule has 0 aromatic carbocycles. The lowest BCUT2D eigenvalue weighted by Crippen LogP contribution is -2.58. The van der Waals surface area contributed by atoms with E-state index in [0.29, 0.717) is 12.8 Å². The third-order valence-electron chi connectivity index (χ3n) is 4.19. The quantitative estimate of drug-likeness (QED) is 0.256. The summed E-state index contributed by atoms with van der Waals surface area (Å²) in [4.78, 5) is 48.8. The van der Waals surface area contributed by atoms with Crippen LogP contribution in [0.3, 0.4) is 0 Å². The number of carbonyl (C=O) groups is 4. The number of rotatable bonds is 8. The molecule has 0 aliphatic carbocycles. The predicted octanol–water partition coefficient (Wildman–Crippen LogP) is -3.25. The average molecular weight is 374 g/mol. The highest BCUT2D eigenvalue weighted by atomic mass is 16.4. The molecular weight excluding hydrogens is 348 g/mol. The molecule has 1 heterocycles. The van der Waals surface area contributed by atoms with E-state index < -0.39 is 60.6 Å². The number of aliphatic hydroxyl groups is 2. The first kappa shape index (κ1) is 21.8. The van der Waals surface area contributed by atoms with Crippen LogP contribution in [-0.2, 0) is 19.2 Å². The fraction of sp³-hybridized carbons (Fsp3) is 0.733. The molecule has 148 valence electrons. The van der Waals surface area contributed by atoms with E-state index in [1.165, 1.54) is 18.7 Å². The Morgan fingerprint density at radius 2 is 1.85 bits per heavy atom. The summed E-state index contributed by atoms with van der Waals surface area (Å²) in [5.41, 5.74) is 5.49. The van der Waals surface area contributed by atoms with Crippen LogP contribution in [0.2, 0.25) is 0 Å². The zero-order chi connectivity index (χ0) is 20.0. The van der Waals surface area contributed by atoms with Gasteiger partial charge in [0, 0.05) is 6.54 Å². The SMILES string of the molecule is C[C@H](NC(=O)[C@@H]1CCCN1C(=O)[C@H](CO)NC(=O)[C@@H](N)[C@@H](C)O)C(=O)O. The molecule has 0 unspecified atom stereocenters. The van der Waals surface area contributed by atoms with E-state index in [2.05, 4.69) is 10.6 Å². The van der Waals surface area contributed by atoms with Crippen LogP contribution in [0.15, 0.2) is 0 Å². The third-order valence-corrected chi connectivity index (χ3v) is 4.19. The van der Waals surface area contributed by atoms with Gasteiger partial charge in [0.25, 0.3) is 0 Å². The molecule has 11 nitrogen and oxygen atoms in total. The summed E-state index contributed by atoms with van der Waals surface area (Å²) in [7, 11) is 0. The van der Waals surface area contributed by atoms with Crippen LogP contribution in [0.1, 0.15) is 26.7 Å². The van der Waals surface area contributed by atoms with E-state index in [1.807, 2.05) is 0 Å². The summed E-state index contributed by atoms with van der Waals surface area (Å²) in [5.74, 6) is -3.32. The fourth-order valence-electron chi connectivity index (χ4n) is 2.55. The van der Waals surface area contributed by atoms with Crippen molar-refractivity contribution >= 4 is 23.7 Å². The highest BCUT2D eigenvalue weighted by Crippen LogP contribution is 2.19. The standard InChI is InChI=1S/C15H26N4O7/c1-7(15(25)26)17-12(22)10-4-3-5-19(10)14(24)9(6-20)18-13(23)11(16)8(2)21/h7-11,20-21H,3-6,16H2,1-2H3,(H,17,22)(H,18,23)(H,25,26)/t7-,8+,9-,10-,11-/m0/s1. The van der Waals surface area contributed by atoms with E-state index in [4.69, 9.17) is 10.8 Å². The van der Waals surface area contributed by atoms with Gasteiger partial charge in [0.1, 0.15) is 24.2 Å². The molecule has 0 bridgehead atoms. The first-order chi connectivity index (χ1) is 12.1. The van der Waals surface area contributed by atoms with Crippen LogP contribution in [-0.4, -0.2) is 87.3 Å². The number of hydrogen-bond acceptors (Lipinski definition) is 7. The average Bonchev–Trinajstić information content (AvgIpc) is 3.07. The fourth-order valence-corrected chi connectivity index (χ4v) is 2.55. The molecule has 1 saturated heterocycles. The molecule has 0 aromatic rings. The molecule has 0 aromatic heterocycles. The first-order valence-corrected chi connectivity index (χ1v) is 8.28. The van der Waals surface area contributed by atoms with E-state index >= 15 is 0 Å². The molecule has 1 fully saturated rings. The van der Waals surface area contributed by atoms with E-state index in [9.17, 15) is 29.4 Å². The van der Waals surface area contributed by atoms with Crippen molar-refractivity contribution in [3.63, 3.8) is 0 Å². The number of nitrogens with zero attached hydrogens (tertiary/aromatic N) is 1. The molecule has 0 spiro atoms. The van der Waals surface area contributed by atoms with Crippen LogP contribution < -0.4 is 16.4 Å². The van der Waals surface area contributed by atoms with Gasteiger partial charge in [0.2, 0.25) is 17.7 Å². The maximum absolute atomic E-state index is 12.6. The van der Waals surface area contributed by atoms with Crippen molar-refractivity contribution in [2.24, 2.45) is 5.73 Å². The Kier molecular flexibility index (Phi) is 7.93. The number of aliphatic carboxylic acids is 1. The van der Waals surface area contributed by atoms with E-state index in [-0.39, 0.29) is 6.54 Å². The van der Waals surface area contributed by atoms with Crippen molar-refractivity contribution in [2.75, 3.05) is 13.2 Å². The van der Waals surface area contributed by atoms with Gasteiger partial charge in [-0.3, -0.25) is 19.2 Å². The Balaban J connectivity index is 2.79. The maximum atomic E-state index is 12.6. The minimum atomic E-state index is -1.32. The number of likely N-dealkylation sites (tertiary alicyclic amines) is 1. The Morgan fingerprint density at radius 1 is 1.23 bits per heavy atom. The first-order valence-electron chi connectivity index (χ1n) is 8.28. The Labute approximate surface area is 150 Å². The summed E-state index contributed by atoms with van der Waals surface area (Å²) in [6.45, 7) is 2.13. The number of aliphatic hydroxyl groups excluding tert-OH is 2. The molecule has 1 rings (SSSR count). The van der Waals surface area contributed by atoms with Crippen molar-refractivity contribution in [3.8, 4) is 0 Å². The molecule has 5 atom stereocenters. The number of amides is 3. The summed E-state index contributed by atoms with van der Waals surface area (Å²) in [6, 6.07) is -4.60. The zero-order valence-corrected chi connectivity index (χ0v) is 14.7. The lowest BCUT2D eigenvalue weighted by Gasteiger charge is -2.29. The van der Waals surface area contributed by atoms with Crippen molar-refractivity contribution in [3.05, 3.63) is 0 Å². The van der Waals surface area contributed by atoms with Gasteiger partial charge >= 0.3 is 5.97 Å². The van der Waals surface area contributed by atoms with Gasteiger partial charge in [-0.2, -0.15) is 0 Å². The van der Waals surface area contributed by atoms with Gasteiger partial charge < -0.3 is 36.6 Å².